The van der Waals surface area contributed by atoms with Gasteiger partial charge in [0.15, 0.2) is 5.13 Å². The lowest BCUT2D eigenvalue weighted by atomic mass is 10.2. The van der Waals surface area contributed by atoms with Gasteiger partial charge in [-0.05, 0) is 12.1 Å². The first-order valence-electron chi connectivity index (χ1n) is 6.19. The fraction of sp³-hybridized carbons (Fsp3) is 0.154. The van der Waals surface area contributed by atoms with E-state index in [1.54, 1.807) is 23.6 Å². The van der Waals surface area contributed by atoms with E-state index >= 15 is 0 Å². The van der Waals surface area contributed by atoms with Gasteiger partial charge in [0.1, 0.15) is 11.9 Å². The van der Waals surface area contributed by atoms with E-state index in [0.29, 0.717) is 16.4 Å². The van der Waals surface area contributed by atoms with Crippen molar-refractivity contribution in [2.24, 2.45) is 0 Å². The second-order valence-electron chi connectivity index (χ2n) is 4.41. The van der Waals surface area contributed by atoms with Crippen molar-refractivity contribution >= 4 is 28.4 Å². The van der Waals surface area contributed by atoms with Gasteiger partial charge in [0.25, 0.3) is 5.91 Å². The minimum atomic E-state index is -0.627. The fourth-order valence-electron chi connectivity index (χ4n) is 1.93. The zero-order chi connectivity index (χ0) is 14.8. The van der Waals surface area contributed by atoms with Gasteiger partial charge < -0.3 is 16.0 Å². The first-order valence-corrected chi connectivity index (χ1v) is 7.07. The van der Waals surface area contributed by atoms with E-state index in [-0.39, 0.29) is 24.3 Å². The number of thiazole rings is 1. The molecule has 1 aromatic heterocycles. The van der Waals surface area contributed by atoms with E-state index in [0.717, 1.165) is 0 Å². The molecule has 3 amide bonds. The average Bonchev–Trinajstić information content (AvgIpc) is 3.08. The second-order valence-corrected chi connectivity index (χ2v) is 5.27. The van der Waals surface area contributed by atoms with E-state index in [1.165, 1.54) is 17.4 Å². The lowest BCUT2D eigenvalue weighted by Crippen LogP contribution is -2.38. The molecule has 0 radical (unpaired) electrons. The van der Waals surface area contributed by atoms with E-state index in [1.807, 2.05) is 0 Å². The van der Waals surface area contributed by atoms with Crippen molar-refractivity contribution in [3.63, 3.8) is 0 Å². The summed E-state index contributed by atoms with van der Waals surface area (Å²) in [7, 11) is 0. The maximum atomic E-state index is 13.7. The Morgan fingerprint density at radius 3 is 2.95 bits per heavy atom. The molecule has 6 nitrogen and oxygen atoms in total. The summed E-state index contributed by atoms with van der Waals surface area (Å²) in [5.41, 5.74) is 0.840. The SMILES string of the molecule is O=C1NC[C@@H](C(=O)Nc2nc(-c3ccccc3F)cs2)N1. The summed E-state index contributed by atoms with van der Waals surface area (Å²) in [4.78, 5) is 27.1. The quantitative estimate of drug-likeness (QED) is 0.805. The number of hydrogen-bond donors (Lipinski definition) is 3. The summed E-state index contributed by atoms with van der Waals surface area (Å²) in [6.07, 6.45) is 0. The second kappa shape index (κ2) is 5.49. The van der Waals surface area contributed by atoms with Crippen LogP contribution < -0.4 is 16.0 Å². The molecule has 0 unspecified atom stereocenters. The molecule has 0 saturated carbocycles. The van der Waals surface area contributed by atoms with Gasteiger partial charge in [0.2, 0.25) is 0 Å². The molecule has 0 spiro atoms. The highest BCUT2D eigenvalue weighted by atomic mass is 32.1. The molecule has 1 fully saturated rings. The van der Waals surface area contributed by atoms with Crippen LogP contribution in [-0.4, -0.2) is 29.5 Å². The lowest BCUT2D eigenvalue weighted by Gasteiger charge is -2.07. The van der Waals surface area contributed by atoms with Crippen LogP contribution >= 0.6 is 11.3 Å². The van der Waals surface area contributed by atoms with Gasteiger partial charge in [0.05, 0.1) is 5.69 Å². The Labute approximate surface area is 123 Å². The molecule has 0 bridgehead atoms. The smallest absolute Gasteiger partial charge is 0.315 e. The lowest BCUT2D eigenvalue weighted by molar-refractivity contribution is -0.117. The summed E-state index contributed by atoms with van der Waals surface area (Å²) in [6, 6.07) is 5.29. The van der Waals surface area contributed by atoms with Crippen LogP contribution in [0.5, 0.6) is 0 Å². The van der Waals surface area contributed by atoms with E-state index in [2.05, 4.69) is 20.9 Å². The fourth-order valence-corrected chi connectivity index (χ4v) is 2.64. The van der Waals surface area contributed by atoms with Crippen molar-refractivity contribution in [1.82, 2.24) is 15.6 Å². The number of benzene rings is 1. The molecule has 1 aliphatic rings. The standard InChI is InChI=1S/C13H11FN4O2S/c14-8-4-2-1-3-7(8)10-6-21-13(17-10)18-11(19)9-5-15-12(20)16-9/h1-4,6,9H,5H2,(H2,15,16,20)(H,17,18,19)/t9-/m0/s1. The Hall–Kier alpha value is -2.48. The van der Waals surface area contributed by atoms with E-state index in [9.17, 15) is 14.0 Å². The molecule has 0 aliphatic carbocycles. The Kier molecular flexibility index (Phi) is 3.53. The zero-order valence-corrected chi connectivity index (χ0v) is 11.5. The molecule has 108 valence electrons. The van der Waals surface area contributed by atoms with Crippen LogP contribution in [0.25, 0.3) is 11.3 Å². The minimum Gasteiger partial charge on any atom is -0.336 e. The zero-order valence-electron chi connectivity index (χ0n) is 10.7. The number of aromatic nitrogens is 1. The summed E-state index contributed by atoms with van der Waals surface area (Å²) in [6.45, 7) is 0.232. The Morgan fingerprint density at radius 2 is 2.24 bits per heavy atom. The van der Waals surface area contributed by atoms with Crippen LogP contribution in [0.2, 0.25) is 0 Å². The number of carbonyl (C=O) groups is 2. The van der Waals surface area contributed by atoms with Gasteiger partial charge in [-0.3, -0.25) is 4.79 Å². The maximum absolute atomic E-state index is 13.7. The highest BCUT2D eigenvalue weighted by Gasteiger charge is 2.27. The third-order valence-electron chi connectivity index (χ3n) is 2.97. The third kappa shape index (κ3) is 2.84. The highest BCUT2D eigenvalue weighted by Crippen LogP contribution is 2.26. The van der Waals surface area contributed by atoms with Gasteiger partial charge in [-0.25, -0.2) is 14.2 Å². The number of halogens is 1. The number of amides is 3. The summed E-state index contributed by atoms with van der Waals surface area (Å²) >= 11 is 1.20. The Morgan fingerprint density at radius 1 is 1.43 bits per heavy atom. The van der Waals surface area contributed by atoms with Crippen molar-refractivity contribution in [3.8, 4) is 11.3 Å². The highest BCUT2D eigenvalue weighted by molar-refractivity contribution is 7.14. The molecule has 8 heteroatoms. The van der Waals surface area contributed by atoms with Crippen molar-refractivity contribution in [1.29, 1.82) is 0 Å². The molecule has 21 heavy (non-hydrogen) atoms. The first kappa shape index (κ1) is 13.5. The normalized spacial score (nSPS) is 17.2. The van der Waals surface area contributed by atoms with Gasteiger partial charge in [-0.2, -0.15) is 0 Å². The van der Waals surface area contributed by atoms with Crippen molar-refractivity contribution < 1.29 is 14.0 Å². The number of nitrogens with one attached hydrogen (secondary N) is 3. The van der Waals surface area contributed by atoms with E-state index in [4.69, 9.17) is 0 Å². The molecular formula is C13H11FN4O2S. The largest absolute Gasteiger partial charge is 0.336 e. The molecule has 2 heterocycles. The summed E-state index contributed by atoms with van der Waals surface area (Å²) < 4.78 is 13.7. The number of carbonyl (C=O) groups excluding carboxylic acids is 2. The van der Waals surface area contributed by atoms with Crippen molar-refractivity contribution in [2.45, 2.75) is 6.04 Å². The number of anilines is 1. The van der Waals surface area contributed by atoms with Crippen molar-refractivity contribution in [3.05, 3.63) is 35.5 Å². The molecule has 1 atom stereocenters. The monoisotopic (exact) mass is 306 g/mol. The molecule has 3 N–H and O–H groups in total. The van der Waals surface area contributed by atoms with Crippen LogP contribution in [0.1, 0.15) is 0 Å². The average molecular weight is 306 g/mol. The van der Waals surface area contributed by atoms with E-state index < -0.39 is 6.04 Å². The predicted molar refractivity (Wildman–Crippen MR) is 76.5 cm³/mol. The van der Waals surface area contributed by atoms with Crippen LogP contribution in [0.3, 0.4) is 0 Å². The van der Waals surface area contributed by atoms with Crippen LogP contribution in [-0.2, 0) is 4.79 Å². The molecule has 1 aliphatic heterocycles. The molecule has 3 rings (SSSR count). The van der Waals surface area contributed by atoms with Gasteiger partial charge in [-0.1, -0.05) is 12.1 Å². The van der Waals surface area contributed by atoms with Crippen molar-refractivity contribution in [2.75, 3.05) is 11.9 Å². The van der Waals surface area contributed by atoms with Crippen LogP contribution in [0, 0.1) is 5.82 Å². The summed E-state index contributed by atoms with van der Waals surface area (Å²) in [5.74, 6) is -0.726. The van der Waals surface area contributed by atoms with Crippen LogP contribution in [0.4, 0.5) is 14.3 Å². The molecule has 2 aromatic rings. The van der Waals surface area contributed by atoms with Gasteiger partial charge in [0, 0.05) is 17.5 Å². The number of rotatable bonds is 3. The molecule has 1 aromatic carbocycles. The molecular weight excluding hydrogens is 295 g/mol. The number of nitrogens with zero attached hydrogens (tertiary/aromatic N) is 1. The number of hydrogen-bond acceptors (Lipinski definition) is 4. The topological polar surface area (TPSA) is 83.1 Å². The Balaban J connectivity index is 1.72. The summed E-state index contributed by atoms with van der Waals surface area (Å²) in [5, 5.41) is 9.61. The predicted octanol–water partition coefficient (Wildman–Crippen LogP) is 1.57. The van der Waals surface area contributed by atoms with Crippen LogP contribution in [0.15, 0.2) is 29.6 Å². The van der Waals surface area contributed by atoms with Gasteiger partial charge in [-0.15, -0.1) is 11.3 Å². The maximum Gasteiger partial charge on any atom is 0.315 e. The molecule has 1 saturated heterocycles. The Bertz CT molecular complexity index is 703. The first-order chi connectivity index (χ1) is 10.1. The number of urea groups is 1. The third-order valence-corrected chi connectivity index (χ3v) is 3.73. The minimum absolute atomic E-state index is 0.232. The van der Waals surface area contributed by atoms with Gasteiger partial charge >= 0.3 is 6.03 Å².